The Hall–Kier alpha value is -2.21. The van der Waals surface area contributed by atoms with Crippen LogP contribution in [0.4, 0.5) is 4.39 Å². The second-order valence-electron chi connectivity index (χ2n) is 3.80. The molecule has 0 fully saturated rings. The third-order valence-electron chi connectivity index (χ3n) is 2.38. The molecule has 0 spiro atoms. The van der Waals surface area contributed by atoms with Crippen LogP contribution in [0.2, 0.25) is 0 Å². The van der Waals surface area contributed by atoms with Gasteiger partial charge in [-0.2, -0.15) is 9.49 Å². The van der Waals surface area contributed by atoms with Crippen molar-refractivity contribution in [3.63, 3.8) is 0 Å². The van der Waals surface area contributed by atoms with Gasteiger partial charge in [0.1, 0.15) is 5.75 Å². The molecular weight excluding hydrogens is 279 g/mol. The Morgan fingerprint density at radius 3 is 2.70 bits per heavy atom. The second kappa shape index (κ2) is 6.81. The van der Waals surface area contributed by atoms with Crippen LogP contribution in [-0.4, -0.2) is 18.7 Å². The molecule has 1 aromatic heterocycles. The Balaban J connectivity index is 1.92. The fourth-order valence-corrected chi connectivity index (χ4v) is 2.09. The SMILES string of the molecule is CCOc1ccc(C(=O)NN=Cc2ccc(F)s2)cc1. The monoisotopic (exact) mass is 292 g/mol. The van der Waals surface area contributed by atoms with Crippen molar-refractivity contribution in [2.45, 2.75) is 6.92 Å². The van der Waals surface area contributed by atoms with Gasteiger partial charge in [-0.3, -0.25) is 4.79 Å². The Morgan fingerprint density at radius 2 is 2.10 bits per heavy atom. The molecule has 0 aliphatic heterocycles. The van der Waals surface area contributed by atoms with Crippen LogP contribution in [0.5, 0.6) is 5.75 Å². The summed E-state index contributed by atoms with van der Waals surface area (Å²) < 4.78 is 18.0. The van der Waals surface area contributed by atoms with Crippen LogP contribution in [0.25, 0.3) is 0 Å². The summed E-state index contributed by atoms with van der Waals surface area (Å²) in [6.07, 6.45) is 1.40. The smallest absolute Gasteiger partial charge is 0.271 e. The molecule has 2 aromatic rings. The van der Waals surface area contributed by atoms with Gasteiger partial charge >= 0.3 is 0 Å². The summed E-state index contributed by atoms with van der Waals surface area (Å²) in [4.78, 5) is 12.4. The normalized spacial score (nSPS) is 10.7. The summed E-state index contributed by atoms with van der Waals surface area (Å²) >= 11 is 0.959. The highest BCUT2D eigenvalue weighted by molar-refractivity contribution is 7.12. The van der Waals surface area contributed by atoms with E-state index < -0.39 is 0 Å². The lowest BCUT2D eigenvalue weighted by molar-refractivity contribution is 0.0955. The maximum Gasteiger partial charge on any atom is 0.271 e. The molecular formula is C14H13FN2O2S. The maximum absolute atomic E-state index is 12.7. The van der Waals surface area contributed by atoms with E-state index in [9.17, 15) is 9.18 Å². The molecule has 20 heavy (non-hydrogen) atoms. The fraction of sp³-hybridized carbons (Fsp3) is 0.143. The van der Waals surface area contributed by atoms with Gasteiger partial charge in [-0.15, -0.1) is 11.3 Å². The van der Waals surface area contributed by atoms with Gasteiger partial charge in [-0.25, -0.2) is 5.43 Å². The van der Waals surface area contributed by atoms with Crippen molar-refractivity contribution in [3.05, 3.63) is 52.0 Å². The Kier molecular flexibility index (Phi) is 4.84. The van der Waals surface area contributed by atoms with Crippen molar-refractivity contribution in [2.24, 2.45) is 5.10 Å². The number of hydrazone groups is 1. The lowest BCUT2D eigenvalue weighted by atomic mass is 10.2. The van der Waals surface area contributed by atoms with Gasteiger partial charge in [-0.05, 0) is 43.3 Å². The highest BCUT2D eigenvalue weighted by Gasteiger charge is 2.04. The first-order valence-electron chi connectivity index (χ1n) is 6.00. The molecule has 0 radical (unpaired) electrons. The Labute approximate surface area is 119 Å². The minimum Gasteiger partial charge on any atom is -0.494 e. The minimum atomic E-state index is -0.332. The average molecular weight is 292 g/mol. The zero-order chi connectivity index (χ0) is 14.4. The van der Waals surface area contributed by atoms with Gasteiger partial charge in [0.25, 0.3) is 5.91 Å². The summed E-state index contributed by atoms with van der Waals surface area (Å²) in [7, 11) is 0. The van der Waals surface area contributed by atoms with Gasteiger partial charge in [0, 0.05) is 5.56 Å². The number of benzene rings is 1. The first-order chi connectivity index (χ1) is 9.69. The lowest BCUT2D eigenvalue weighted by Crippen LogP contribution is -2.17. The predicted octanol–water partition coefficient (Wildman–Crippen LogP) is 3.05. The Bertz CT molecular complexity index is 608. The van der Waals surface area contributed by atoms with Crippen molar-refractivity contribution < 1.29 is 13.9 Å². The third kappa shape index (κ3) is 3.89. The van der Waals surface area contributed by atoms with E-state index in [0.717, 1.165) is 11.3 Å². The van der Waals surface area contributed by atoms with E-state index >= 15 is 0 Å². The van der Waals surface area contributed by atoms with E-state index in [0.29, 0.717) is 22.8 Å². The number of ether oxygens (including phenoxy) is 1. The highest BCUT2D eigenvalue weighted by Crippen LogP contribution is 2.13. The zero-order valence-corrected chi connectivity index (χ0v) is 11.6. The lowest BCUT2D eigenvalue weighted by Gasteiger charge is -2.03. The summed E-state index contributed by atoms with van der Waals surface area (Å²) in [5, 5.41) is 3.49. The number of thiophene rings is 1. The van der Waals surface area contributed by atoms with Gasteiger partial charge in [0.05, 0.1) is 17.7 Å². The molecule has 1 aromatic carbocycles. The molecule has 6 heteroatoms. The van der Waals surface area contributed by atoms with Crippen LogP contribution >= 0.6 is 11.3 Å². The molecule has 0 unspecified atom stereocenters. The summed E-state index contributed by atoms with van der Waals surface area (Å²) in [5.74, 6) is 0.378. The first-order valence-corrected chi connectivity index (χ1v) is 6.82. The van der Waals surface area contributed by atoms with Gasteiger partial charge < -0.3 is 4.74 Å². The van der Waals surface area contributed by atoms with E-state index in [1.54, 1.807) is 30.3 Å². The second-order valence-corrected chi connectivity index (χ2v) is 4.86. The van der Waals surface area contributed by atoms with E-state index in [-0.39, 0.29) is 11.0 Å². The number of hydrogen-bond acceptors (Lipinski definition) is 4. The molecule has 4 nitrogen and oxygen atoms in total. The fourth-order valence-electron chi connectivity index (χ4n) is 1.49. The standard InChI is InChI=1S/C14H13FN2O2S/c1-2-19-11-5-3-10(4-6-11)14(18)17-16-9-12-7-8-13(15)20-12/h3-9H,2H2,1H3,(H,17,18). The quantitative estimate of drug-likeness (QED) is 0.680. The van der Waals surface area contributed by atoms with Crippen molar-refractivity contribution in [3.8, 4) is 5.75 Å². The van der Waals surface area contributed by atoms with Gasteiger partial charge in [0.15, 0.2) is 5.13 Å². The highest BCUT2D eigenvalue weighted by atomic mass is 32.1. The van der Waals surface area contributed by atoms with Crippen LogP contribution < -0.4 is 10.2 Å². The van der Waals surface area contributed by atoms with Crippen molar-refractivity contribution in [1.29, 1.82) is 0 Å². The largest absolute Gasteiger partial charge is 0.494 e. The van der Waals surface area contributed by atoms with Crippen molar-refractivity contribution in [1.82, 2.24) is 5.43 Å². The molecule has 1 heterocycles. The van der Waals surface area contributed by atoms with Crippen LogP contribution in [0.3, 0.4) is 0 Å². The number of nitrogens with zero attached hydrogens (tertiary/aromatic N) is 1. The number of rotatable bonds is 5. The van der Waals surface area contributed by atoms with Crippen LogP contribution in [0.1, 0.15) is 22.2 Å². The molecule has 1 N–H and O–H groups in total. The molecule has 0 aliphatic carbocycles. The average Bonchev–Trinajstić information content (AvgIpc) is 2.85. The van der Waals surface area contributed by atoms with Crippen molar-refractivity contribution >= 4 is 23.5 Å². The van der Waals surface area contributed by atoms with E-state index in [1.807, 2.05) is 6.92 Å². The predicted molar refractivity (Wildman–Crippen MR) is 76.9 cm³/mol. The van der Waals surface area contributed by atoms with Crippen LogP contribution in [0.15, 0.2) is 41.5 Å². The number of amides is 1. The van der Waals surface area contributed by atoms with Crippen LogP contribution in [-0.2, 0) is 0 Å². The molecule has 0 bridgehead atoms. The van der Waals surface area contributed by atoms with Gasteiger partial charge in [-0.1, -0.05) is 0 Å². The Morgan fingerprint density at radius 1 is 1.35 bits per heavy atom. The molecule has 0 atom stereocenters. The number of nitrogens with one attached hydrogen (secondary N) is 1. The zero-order valence-electron chi connectivity index (χ0n) is 10.8. The number of carbonyl (C=O) groups excluding carboxylic acids is 1. The number of halogens is 1. The van der Waals surface area contributed by atoms with E-state index in [4.69, 9.17) is 4.74 Å². The molecule has 0 saturated heterocycles. The molecule has 2 rings (SSSR count). The van der Waals surface area contributed by atoms with Crippen molar-refractivity contribution in [2.75, 3.05) is 6.61 Å². The van der Waals surface area contributed by atoms with Crippen LogP contribution in [0, 0.1) is 5.13 Å². The van der Waals surface area contributed by atoms with E-state index in [2.05, 4.69) is 10.5 Å². The third-order valence-corrected chi connectivity index (χ3v) is 3.19. The first kappa shape index (κ1) is 14.2. The molecule has 0 aliphatic rings. The molecule has 1 amide bonds. The summed E-state index contributed by atoms with van der Waals surface area (Å²) in [6.45, 7) is 2.47. The summed E-state index contributed by atoms with van der Waals surface area (Å²) in [6, 6.07) is 9.68. The van der Waals surface area contributed by atoms with Gasteiger partial charge in [0.2, 0.25) is 0 Å². The topological polar surface area (TPSA) is 50.7 Å². The van der Waals surface area contributed by atoms with E-state index in [1.165, 1.54) is 12.3 Å². The minimum absolute atomic E-state index is 0.288. The summed E-state index contributed by atoms with van der Waals surface area (Å²) in [5.41, 5.74) is 2.86. The molecule has 0 saturated carbocycles. The number of carbonyl (C=O) groups is 1. The number of hydrogen-bond donors (Lipinski definition) is 1. The maximum atomic E-state index is 12.7. The molecule has 104 valence electrons.